The summed E-state index contributed by atoms with van der Waals surface area (Å²) in [4.78, 5) is 4.40. The SMILES string of the molecule is Cc1nc(COC2CSC3(C2)CN(S(=O)(=O)N(C)C)C3)cs1. The van der Waals surface area contributed by atoms with Crippen LogP contribution in [0.15, 0.2) is 5.38 Å². The van der Waals surface area contributed by atoms with Crippen molar-refractivity contribution >= 4 is 33.3 Å². The third kappa shape index (κ3) is 3.20. The second-order valence-corrected chi connectivity index (χ2v) is 10.7. The van der Waals surface area contributed by atoms with Crippen molar-refractivity contribution < 1.29 is 13.2 Å². The molecule has 124 valence electrons. The fraction of sp³-hybridized carbons (Fsp3) is 0.769. The number of hydrogen-bond acceptors (Lipinski definition) is 6. The highest BCUT2D eigenvalue weighted by atomic mass is 32.2. The molecule has 2 fully saturated rings. The summed E-state index contributed by atoms with van der Waals surface area (Å²) in [6.07, 6.45) is 1.11. The molecule has 3 rings (SSSR count). The minimum atomic E-state index is -3.27. The zero-order valence-electron chi connectivity index (χ0n) is 13.0. The Labute approximate surface area is 140 Å². The van der Waals surface area contributed by atoms with Crippen molar-refractivity contribution in [2.45, 2.75) is 30.8 Å². The van der Waals surface area contributed by atoms with Crippen LogP contribution in [0.1, 0.15) is 17.1 Å². The van der Waals surface area contributed by atoms with E-state index in [0.717, 1.165) is 22.9 Å². The molecule has 9 heteroatoms. The second-order valence-electron chi connectivity index (χ2n) is 6.05. The standard InChI is InChI=1S/C13H21N3O3S3/c1-10-14-11(6-20-10)5-19-12-4-13(21-7-12)8-16(9-13)22(17,18)15(2)3/h6,12H,4-5,7-9H2,1-3H3. The van der Waals surface area contributed by atoms with Gasteiger partial charge in [0.15, 0.2) is 0 Å². The van der Waals surface area contributed by atoms with E-state index in [1.54, 1.807) is 29.7 Å². The Kier molecular flexibility index (Phi) is 4.56. The number of nitrogens with zero attached hydrogens (tertiary/aromatic N) is 3. The molecule has 0 radical (unpaired) electrons. The Hall–Kier alpha value is -0.190. The monoisotopic (exact) mass is 363 g/mol. The molecule has 1 atom stereocenters. The molecule has 6 nitrogen and oxygen atoms in total. The smallest absolute Gasteiger partial charge is 0.281 e. The highest BCUT2D eigenvalue weighted by molar-refractivity contribution is 8.01. The largest absolute Gasteiger partial charge is 0.371 e. The van der Waals surface area contributed by atoms with Gasteiger partial charge in [-0.2, -0.15) is 17.0 Å². The average Bonchev–Trinajstić information content (AvgIpc) is 3.00. The number of rotatable bonds is 5. The van der Waals surface area contributed by atoms with Crippen molar-refractivity contribution in [3.8, 4) is 0 Å². The van der Waals surface area contributed by atoms with Gasteiger partial charge in [0.25, 0.3) is 10.2 Å². The van der Waals surface area contributed by atoms with Crippen LogP contribution in [-0.4, -0.2) is 65.8 Å². The van der Waals surface area contributed by atoms with Crippen molar-refractivity contribution in [1.82, 2.24) is 13.6 Å². The lowest BCUT2D eigenvalue weighted by molar-refractivity contribution is 0.0378. The molecular weight excluding hydrogens is 342 g/mol. The molecule has 2 aliphatic rings. The Morgan fingerprint density at radius 1 is 1.50 bits per heavy atom. The van der Waals surface area contributed by atoms with E-state index in [1.807, 2.05) is 24.1 Å². The van der Waals surface area contributed by atoms with Gasteiger partial charge in [0.2, 0.25) is 0 Å². The van der Waals surface area contributed by atoms with E-state index >= 15 is 0 Å². The Balaban J connectivity index is 1.49. The van der Waals surface area contributed by atoms with Crippen molar-refractivity contribution in [2.75, 3.05) is 32.9 Å². The van der Waals surface area contributed by atoms with E-state index < -0.39 is 10.2 Å². The van der Waals surface area contributed by atoms with Crippen molar-refractivity contribution in [3.63, 3.8) is 0 Å². The average molecular weight is 364 g/mol. The maximum absolute atomic E-state index is 12.1. The summed E-state index contributed by atoms with van der Waals surface area (Å²) in [6, 6.07) is 0. The summed E-state index contributed by atoms with van der Waals surface area (Å²) in [7, 11) is -0.123. The van der Waals surface area contributed by atoms with Gasteiger partial charge in [0, 0.05) is 43.1 Å². The van der Waals surface area contributed by atoms with Crippen molar-refractivity contribution in [2.24, 2.45) is 0 Å². The van der Waals surface area contributed by atoms with E-state index in [9.17, 15) is 8.42 Å². The minimum Gasteiger partial charge on any atom is -0.371 e. The Morgan fingerprint density at radius 2 is 2.23 bits per heavy atom. The lowest BCUT2D eigenvalue weighted by Crippen LogP contribution is -2.62. The van der Waals surface area contributed by atoms with Crippen LogP contribution in [0, 0.1) is 6.92 Å². The first kappa shape index (κ1) is 16.7. The maximum atomic E-state index is 12.1. The second kappa shape index (κ2) is 6.03. The molecule has 2 aliphatic heterocycles. The first-order chi connectivity index (χ1) is 10.3. The molecule has 0 aromatic carbocycles. The lowest BCUT2D eigenvalue weighted by atomic mass is 9.95. The number of aromatic nitrogens is 1. The van der Waals surface area contributed by atoms with Gasteiger partial charge >= 0.3 is 0 Å². The van der Waals surface area contributed by atoms with Crippen LogP contribution in [0.5, 0.6) is 0 Å². The molecule has 3 heterocycles. The molecule has 2 saturated heterocycles. The third-order valence-corrected chi connectivity index (χ3v) is 8.26. The fourth-order valence-electron chi connectivity index (χ4n) is 2.80. The summed E-state index contributed by atoms with van der Waals surface area (Å²) in [5.74, 6) is 0.930. The topological polar surface area (TPSA) is 62.7 Å². The molecule has 0 saturated carbocycles. The number of aryl methyl sites for hydroxylation is 1. The molecule has 0 amide bonds. The first-order valence-electron chi connectivity index (χ1n) is 7.15. The van der Waals surface area contributed by atoms with E-state index in [0.29, 0.717) is 19.7 Å². The summed E-state index contributed by atoms with van der Waals surface area (Å²) in [5.41, 5.74) is 0.985. The Morgan fingerprint density at radius 3 is 2.82 bits per heavy atom. The predicted octanol–water partition coefficient (Wildman–Crippen LogP) is 1.33. The first-order valence-corrected chi connectivity index (χ1v) is 10.4. The summed E-state index contributed by atoms with van der Waals surface area (Å²) < 4.78 is 32.9. The van der Waals surface area contributed by atoms with E-state index in [-0.39, 0.29) is 10.9 Å². The number of thioether (sulfide) groups is 1. The zero-order chi connectivity index (χ0) is 16.0. The van der Waals surface area contributed by atoms with Crippen molar-refractivity contribution in [3.05, 3.63) is 16.1 Å². The van der Waals surface area contributed by atoms with Crippen LogP contribution in [-0.2, 0) is 21.6 Å². The van der Waals surface area contributed by atoms with E-state index in [2.05, 4.69) is 4.98 Å². The van der Waals surface area contributed by atoms with Gasteiger partial charge in [-0.3, -0.25) is 0 Å². The van der Waals surface area contributed by atoms with Crippen LogP contribution in [0.4, 0.5) is 0 Å². The normalized spacial score (nSPS) is 25.0. The molecular formula is C13H21N3O3S3. The van der Waals surface area contributed by atoms with Crippen LogP contribution in [0.25, 0.3) is 0 Å². The predicted molar refractivity (Wildman–Crippen MR) is 89.4 cm³/mol. The molecule has 0 bridgehead atoms. The summed E-state index contributed by atoms with van der Waals surface area (Å²) in [6.45, 7) is 3.72. The van der Waals surface area contributed by atoms with Crippen LogP contribution >= 0.6 is 23.1 Å². The van der Waals surface area contributed by atoms with Gasteiger partial charge in [-0.15, -0.1) is 23.1 Å². The molecule has 1 spiro atoms. The Bertz CT molecular complexity index is 638. The summed E-state index contributed by atoms with van der Waals surface area (Å²) >= 11 is 3.48. The van der Waals surface area contributed by atoms with Gasteiger partial charge in [0.1, 0.15) is 0 Å². The number of hydrogen-bond donors (Lipinski definition) is 0. The number of ether oxygens (including phenoxy) is 1. The quantitative estimate of drug-likeness (QED) is 0.790. The van der Waals surface area contributed by atoms with Gasteiger partial charge in [0.05, 0.1) is 23.4 Å². The maximum Gasteiger partial charge on any atom is 0.281 e. The summed E-state index contributed by atoms with van der Waals surface area (Å²) in [5, 5.41) is 3.08. The van der Waals surface area contributed by atoms with Crippen molar-refractivity contribution in [1.29, 1.82) is 0 Å². The van der Waals surface area contributed by atoms with Gasteiger partial charge in [-0.05, 0) is 13.3 Å². The highest BCUT2D eigenvalue weighted by Crippen LogP contribution is 2.47. The zero-order valence-corrected chi connectivity index (χ0v) is 15.4. The van der Waals surface area contributed by atoms with Crippen LogP contribution in [0.2, 0.25) is 0 Å². The highest BCUT2D eigenvalue weighted by Gasteiger charge is 2.53. The number of thiazole rings is 1. The van der Waals surface area contributed by atoms with Crippen LogP contribution in [0.3, 0.4) is 0 Å². The van der Waals surface area contributed by atoms with Gasteiger partial charge in [-0.1, -0.05) is 0 Å². The molecule has 1 aromatic rings. The van der Waals surface area contributed by atoms with Crippen LogP contribution < -0.4 is 0 Å². The molecule has 0 aliphatic carbocycles. The molecule has 1 unspecified atom stereocenters. The molecule has 0 N–H and O–H groups in total. The fourth-order valence-corrected chi connectivity index (χ4v) is 6.39. The van der Waals surface area contributed by atoms with Gasteiger partial charge in [-0.25, -0.2) is 4.98 Å². The molecule has 22 heavy (non-hydrogen) atoms. The van der Waals surface area contributed by atoms with E-state index in [4.69, 9.17) is 4.74 Å². The lowest BCUT2D eigenvalue weighted by Gasteiger charge is -2.46. The minimum absolute atomic E-state index is 0.0474. The van der Waals surface area contributed by atoms with Gasteiger partial charge < -0.3 is 4.74 Å². The third-order valence-electron chi connectivity index (χ3n) is 4.03. The van der Waals surface area contributed by atoms with E-state index in [1.165, 1.54) is 4.31 Å². The molecule has 1 aromatic heterocycles.